The van der Waals surface area contributed by atoms with Crippen molar-refractivity contribution in [1.82, 2.24) is 15.0 Å². The number of nitrogens with two attached hydrogens (primary N) is 1. The van der Waals surface area contributed by atoms with Crippen molar-refractivity contribution >= 4 is 11.9 Å². The smallest absolute Gasteiger partial charge is 0.323 e. The van der Waals surface area contributed by atoms with Gasteiger partial charge in [-0.3, -0.25) is 0 Å². The summed E-state index contributed by atoms with van der Waals surface area (Å²) in [6.07, 6.45) is 4.43. The Morgan fingerprint density at radius 3 is 2.71 bits per heavy atom. The average molecular weight is 237 g/mol. The lowest BCUT2D eigenvalue weighted by molar-refractivity contribution is 0.285. The Bertz CT molecular complexity index is 365. The van der Waals surface area contributed by atoms with Gasteiger partial charge in [0.25, 0.3) is 0 Å². The molecule has 0 amide bonds. The molecule has 0 spiro atoms. The minimum absolute atomic E-state index is 0.230. The van der Waals surface area contributed by atoms with Gasteiger partial charge >= 0.3 is 6.01 Å². The van der Waals surface area contributed by atoms with E-state index in [0.717, 1.165) is 25.9 Å². The molecule has 2 heterocycles. The van der Waals surface area contributed by atoms with Crippen molar-refractivity contribution in [2.75, 3.05) is 30.3 Å². The summed E-state index contributed by atoms with van der Waals surface area (Å²) < 4.78 is 5.46. The monoisotopic (exact) mass is 237 g/mol. The third kappa shape index (κ3) is 3.18. The van der Waals surface area contributed by atoms with Gasteiger partial charge in [0.2, 0.25) is 11.9 Å². The van der Waals surface area contributed by atoms with E-state index in [2.05, 4.69) is 26.8 Å². The van der Waals surface area contributed by atoms with Crippen LogP contribution in [0.25, 0.3) is 0 Å². The van der Waals surface area contributed by atoms with Gasteiger partial charge in [-0.25, -0.2) is 0 Å². The van der Waals surface area contributed by atoms with E-state index in [4.69, 9.17) is 10.5 Å². The normalized spacial score (nSPS) is 15.2. The fourth-order valence-electron chi connectivity index (χ4n) is 1.79. The molecular weight excluding hydrogens is 218 g/mol. The molecular formula is C11H19N5O. The van der Waals surface area contributed by atoms with E-state index in [9.17, 15) is 0 Å². The molecule has 1 saturated heterocycles. The highest BCUT2D eigenvalue weighted by atomic mass is 16.5. The van der Waals surface area contributed by atoms with E-state index in [0.29, 0.717) is 18.6 Å². The molecule has 1 aliphatic rings. The lowest BCUT2D eigenvalue weighted by Crippen LogP contribution is -2.21. The molecule has 0 saturated carbocycles. The predicted molar refractivity (Wildman–Crippen MR) is 66.1 cm³/mol. The van der Waals surface area contributed by atoms with Gasteiger partial charge in [0.1, 0.15) is 0 Å². The molecule has 2 N–H and O–H groups in total. The molecule has 1 aromatic rings. The van der Waals surface area contributed by atoms with Gasteiger partial charge in [-0.1, -0.05) is 13.3 Å². The molecule has 1 aliphatic heterocycles. The third-order valence-electron chi connectivity index (χ3n) is 2.74. The van der Waals surface area contributed by atoms with E-state index in [-0.39, 0.29) is 5.95 Å². The van der Waals surface area contributed by atoms with Crippen molar-refractivity contribution in [3.05, 3.63) is 0 Å². The first kappa shape index (κ1) is 11.9. The molecule has 0 bridgehead atoms. The molecule has 17 heavy (non-hydrogen) atoms. The van der Waals surface area contributed by atoms with Crippen molar-refractivity contribution in [3.63, 3.8) is 0 Å². The standard InChI is InChI=1S/C11H19N5O/c1-2-3-8-17-11-14-9(12)13-10(15-11)16-6-4-5-7-16/h2-8H2,1H3,(H2,12,13,14,15). The van der Waals surface area contributed by atoms with E-state index < -0.39 is 0 Å². The van der Waals surface area contributed by atoms with Crippen LogP contribution >= 0.6 is 0 Å². The summed E-state index contributed by atoms with van der Waals surface area (Å²) in [5.41, 5.74) is 5.66. The number of anilines is 2. The molecule has 2 rings (SSSR count). The lowest BCUT2D eigenvalue weighted by atomic mass is 10.4. The Hall–Kier alpha value is -1.59. The first-order valence-electron chi connectivity index (χ1n) is 6.19. The number of ether oxygens (including phenoxy) is 1. The maximum absolute atomic E-state index is 5.66. The second-order valence-corrected chi connectivity index (χ2v) is 4.17. The molecule has 0 aromatic carbocycles. The summed E-state index contributed by atoms with van der Waals surface area (Å²) >= 11 is 0. The van der Waals surface area contributed by atoms with Crippen LogP contribution in [0.5, 0.6) is 6.01 Å². The van der Waals surface area contributed by atoms with Gasteiger partial charge in [0.15, 0.2) is 0 Å². The molecule has 94 valence electrons. The quantitative estimate of drug-likeness (QED) is 0.776. The maximum Gasteiger partial charge on any atom is 0.323 e. The van der Waals surface area contributed by atoms with E-state index >= 15 is 0 Å². The molecule has 1 fully saturated rings. The third-order valence-corrected chi connectivity index (χ3v) is 2.74. The summed E-state index contributed by atoms with van der Waals surface area (Å²) in [4.78, 5) is 14.5. The number of hydrogen-bond acceptors (Lipinski definition) is 6. The molecule has 6 heteroatoms. The molecule has 0 unspecified atom stereocenters. The largest absolute Gasteiger partial charge is 0.463 e. The van der Waals surface area contributed by atoms with Gasteiger partial charge in [-0.2, -0.15) is 15.0 Å². The van der Waals surface area contributed by atoms with Crippen molar-refractivity contribution in [3.8, 4) is 6.01 Å². The molecule has 1 aromatic heterocycles. The van der Waals surface area contributed by atoms with Crippen LogP contribution in [0.2, 0.25) is 0 Å². The van der Waals surface area contributed by atoms with E-state index in [1.54, 1.807) is 0 Å². The highest BCUT2D eigenvalue weighted by Crippen LogP contribution is 2.18. The summed E-state index contributed by atoms with van der Waals surface area (Å²) in [5, 5.41) is 0. The van der Waals surface area contributed by atoms with Crippen molar-refractivity contribution in [2.24, 2.45) is 0 Å². The fourth-order valence-corrected chi connectivity index (χ4v) is 1.79. The first-order valence-corrected chi connectivity index (χ1v) is 6.19. The summed E-state index contributed by atoms with van der Waals surface area (Å²) in [6, 6.07) is 0.341. The van der Waals surface area contributed by atoms with Crippen LogP contribution in [0.1, 0.15) is 32.6 Å². The second kappa shape index (κ2) is 5.65. The average Bonchev–Trinajstić information content (AvgIpc) is 2.82. The molecule has 0 radical (unpaired) electrons. The predicted octanol–water partition coefficient (Wildman–Crippen LogP) is 1.23. The van der Waals surface area contributed by atoms with E-state index in [1.165, 1.54) is 12.8 Å². The van der Waals surface area contributed by atoms with Gasteiger partial charge in [0, 0.05) is 13.1 Å². The topological polar surface area (TPSA) is 77.2 Å². The summed E-state index contributed by atoms with van der Waals surface area (Å²) in [5.74, 6) is 0.870. The van der Waals surface area contributed by atoms with Crippen LogP contribution in [-0.2, 0) is 0 Å². The fraction of sp³-hybridized carbons (Fsp3) is 0.727. The van der Waals surface area contributed by atoms with Crippen LogP contribution in [0.3, 0.4) is 0 Å². The van der Waals surface area contributed by atoms with Crippen LogP contribution in [0.4, 0.5) is 11.9 Å². The summed E-state index contributed by atoms with van der Waals surface area (Å²) in [7, 11) is 0. The van der Waals surface area contributed by atoms with E-state index in [1.807, 2.05) is 0 Å². The van der Waals surface area contributed by atoms with Crippen LogP contribution < -0.4 is 15.4 Å². The maximum atomic E-state index is 5.66. The lowest BCUT2D eigenvalue weighted by Gasteiger charge is -2.15. The minimum Gasteiger partial charge on any atom is -0.463 e. The number of nitrogen functional groups attached to an aromatic ring is 1. The van der Waals surface area contributed by atoms with Crippen molar-refractivity contribution in [2.45, 2.75) is 32.6 Å². The zero-order chi connectivity index (χ0) is 12.1. The van der Waals surface area contributed by atoms with Gasteiger partial charge in [0.05, 0.1) is 6.61 Å². The Balaban J connectivity index is 2.05. The zero-order valence-corrected chi connectivity index (χ0v) is 10.2. The molecule has 0 atom stereocenters. The number of aromatic nitrogens is 3. The number of rotatable bonds is 5. The number of nitrogens with zero attached hydrogens (tertiary/aromatic N) is 4. The van der Waals surface area contributed by atoms with Crippen molar-refractivity contribution in [1.29, 1.82) is 0 Å². The van der Waals surface area contributed by atoms with Gasteiger partial charge < -0.3 is 15.4 Å². The van der Waals surface area contributed by atoms with Gasteiger partial charge in [-0.05, 0) is 19.3 Å². The molecule has 0 aliphatic carbocycles. The van der Waals surface area contributed by atoms with Crippen LogP contribution in [0.15, 0.2) is 0 Å². The second-order valence-electron chi connectivity index (χ2n) is 4.17. The number of unbranched alkanes of at least 4 members (excludes halogenated alkanes) is 1. The van der Waals surface area contributed by atoms with Crippen LogP contribution in [-0.4, -0.2) is 34.6 Å². The van der Waals surface area contributed by atoms with Crippen molar-refractivity contribution < 1.29 is 4.74 Å². The minimum atomic E-state index is 0.230. The molecule has 6 nitrogen and oxygen atoms in total. The summed E-state index contributed by atoms with van der Waals surface area (Å²) in [6.45, 7) is 4.70. The first-order chi connectivity index (χ1) is 8.29. The zero-order valence-electron chi connectivity index (χ0n) is 10.2. The Labute approximate surface area is 101 Å². The number of hydrogen-bond donors (Lipinski definition) is 1. The van der Waals surface area contributed by atoms with Gasteiger partial charge in [-0.15, -0.1) is 0 Å². The Kier molecular flexibility index (Phi) is 3.95. The Morgan fingerprint density at radius 1 is 1.24 bits per heavy atom. The highest BCUT2D eigenvalue weighted by molar-refractivity contribution is 5.36. The highest BCUT2D eigenvalue weighted by Gasteiger charge is 2.17. The van der Waals surface area contributed by atoms with Crippen LogP contribution in [0, 0.1) is 0 Å². The SMILES string of the molecule is CCCCOc1nc(N)nc(N2CCCC2)n1. The Morgan fingerprint density at radius 2 is 2.00 bits per heavy atom.